The first-order valence-electron chi connectivity index (χ1n) is 6.22. The van der Waals surface area contributed by atoms with Crippen molar-refractivity contribution >= 4 is 23.1 Å². The van der Waals surface area contributed by atoms with Crippen molar-refractivity contribution in [3.05, 3.63) is 52.2 Å². The van der Waals surface area contributed by atoms with E-state index in [1.54, 1.807) is 11.3 Å². The van der Waals surface area contributed by atoms with E-state index in [9.17, 15) is 0 Å². The molecule has 2 rings (SSSR count). The van der Waals surface area contributed by atoms with Gasteiger partial charge in [0.15, 0.2) is 0 Å². The summed E-state index contributed by atoms with van der Waals surface area (Å²) in [6.07, 6.45) is 3.21. The average molecular weight is 277 g/mol. The SMILES string of the molecule is CCNC(Cc1ccsc1)c1ccccc1SC. The van der Waals surface area contributed by atoms with E-state index >= 15 is 0 Å². The van der Waals surface area contributed by atoms with Gasteiger partial charge in [0.2, 0.25) is 0 Å². The normalized spacial score (nSPS) is 12.6. The lowest BCUT2D eigenvalue weighted by Gasteiger charge is -2.20. The van der Waals surface area contributed by atoms with Gasteiger partial charge in [-0.1, -0.05) is 25.1 Å². The number of thioether (sulfide) groups is 1. The van der Waals surface area contributed by atoms with Crippen LogP contribution in [0.15, 0.2) is 46.0 Å². The fraction of sp³-hybridized carbons (Fsp3) is 0.333. The molecule has 96 valence electrons. The third-order valence-electron chi connectivity index (χ3n) is 2.98. The Bertz CT molecular complexity index is 465. The number of rotatable bonds is 6. The number of likely N-dealkylation sites (N-methyl/N-ethyl adjacent to an activating group) is 1. The zero-order valence-corrected chi connectivity index (χ0v) is 12.5. The Balaban J connectivity index is 2.23. The molecule has 1 heterocycles. The van der Waals surface area contributed by atoms with Crippen LogP contribution in [0.1, 0.15) is 24.1 Å². The molecule has 0 saturated carbocycles. The Kier molecular flexibility index (Phi) is 5.29. The van der Waals surface area contributed by atoms with Crippen LogP contribution in [0, 0.1) is 0 Å². The first kappa shape index (κ1) is 13.7. The number of thiophene rings is 1. The van der Waals surface area contributed by atoms with Crippen LogP contribution in [0.25, 0.3) is 0 Å². The predicted octanol–water partition coefficient (Wildman–Crippen LogP) is 4.36. The van der Waals surface area contributed by atoms with E-state index in [2.05, 4.69) is 59.6 Å². The van der Waals surface area contributed by atoms with Crippen molar-refractivity contribution in [2.45, 2.75) is 24.3 Å². The van der Waals surface area contributed by atoms with Crippen molar-refractivity contribution in [3.63, 3.8) is 0 Å². The Morgan fingerprint density at radius 2 is 2.11 bits per heavy atom. The van der Waals surface area contributed by atoms with E-state index in [4.69, 9.17) is 0 Å². The third-order valence-corrected chi connectivity index (χ3v) is 4.53. The van der Waals surface area contributed by atoms with Crippen LogP contribution in [0.4, 0.5) is 0 Å². The number of nitrogens with one attached hydrogen (secondary N) is 1. The Hall–Kier alpha value is -0.770. The molecule has 2 aromatic rings. The zero-order chi connectivity index (χ0) is 12.8. The number of hydrogen-bond acceptors (Lipinski definition) is 3. The standard InChI is InChI=1S/C15H19NS2/c1-3-16-14(10-12-8-9-18-11-12)13-6-4-5-7-15(13)17-2/h4-9,11,14,16H,3,10H2,1-2H3. The van der Waals surface area contributed by atoms with Crippen molar-refractivity contribution in [3.8, 4) is 0 Å². The second kappa shape index (κ2) is 6.98. The fourth-order valence-electron chi connectivity index (χ4n) is 2.14. The number of hydrogen-bond donors (Lipinski definition) is 1. The summed E-state index contributed by atoms with van der Waals surface area (Å²) in [4.78, 5) is 1.37. The zero-order valence-electron chi connectivity index (χ0n) is 10.8. The molecule has 0 spiro atoms. The highest BCUT2D eigenvalue weighted by Gasteiger charge is 2.14. The largest absolute Gasteiger partial charge is 0.310 e. The van der Waals surface area contributed by atoms with Crippen LogP contribution in [-0.2, 0) is 6.42 Å². The Morgan fingerprint density at radius 3 is 2.78 bits per heavy atom. The van der Waals surface area contributed by atoms with Crippen molar-refractivity contribution in [2.75, 3.05) is 12.8 Å². The molecule has 1 unspecified atom stereocenters. The molecule has 3 heteroatoms. The van der Waals surface area contributed by atoms with Gasteiger partial charge in [-0.2, -0.15) is 11.3 Å². The molecule has 0 saturated heterocycles. The van der Waals surface area contributed by atoms with Crippen LogP contribution in [0.5, 0.6) is 0 Å². The van der Waals surface area contributed by atoms with Gasteiger partial charge in [-0.3, -0.25) is 0 Å². The predicted molar refractivity (Wildman–Crippen MR) is 82.7 cm³/mol. The van der Waals surface area contributed by atoms with E-state index in [0.717, 1.165) is 13.0 Å². The van der Waals surface area contributed by atoms with E-state index in [-0.39, 0.29) is 0 Å². The van der Waals surface area contributed by atoms with Crippen molar-refractivity contribution in [2.24, 2.45) is 0 Å². The molecule has 0 aliphatic rings. The minimum atomic E-state index is 0.410. The molecule has 1 aromatic heterocycles. The number of benzene rings is 1. The van der Waals surface area contributed by atoms with Gasteiger partial charge in [0, 0.05) is 10.9 Å². The molecule has 0 amide bonds. The first-order valence-corrected chi connectivity index (χ1v) is 8.39. The van der Waals surface area contributed by atoms with Crippen molar-refractivity contribution in [1.82, 2.24) is 5.32 Å². The smallest absolute Gasteiger partial charge is 0.0372 e. The van der Waals surface area contributed by atoms with E-state index in [0.29, 0.717) is 6.04 Å². The van der Waals surface area contributed by atoms with Crippen LogP contribution >= 0.6 is 23.1 Å². The highest BCUT2D eigenvalue weighted by atomic mass is 32.2. The summed E-state index contributed by atoms with van der Waals surface area (Å²) in [5.74, 6) is 0. The molecule has 0 fully saturated rings. The van der Waals surface area contributed by atoms with Gasteiger partial charge in [-0.25, -0.2) is 0 Å². The molecule has 0 aliphatic carbocycles. The first-order chi connectivity index (χ1) is 8.85. The van der Waals surface area contributed by atoms with Crippen LogP contribution in [0.2, 0.25) is 0 Å². The topological polar surface area (TPSA) is 12.0 Å². The fourth-order valence-corrected chi connectivity index (χ4v) is 3.48. The molecule has 0 aliphatic heterocycles. The Morgan fingerprint density at radius 1 is 1.28 bits per heavy atom. The molecule has 1 nitrogen and oxygen atoms in total. The summed E-state index contributed by atoms with van der Waals surface area (Å²) in [7, 11) is 0. The van der Waals surface area contributed by atoms with E-state index in [1.165, 1.54) is 16.0 Å². The van der Waals surface area contributed by atoms with Gasteiger partial charge in [0.1, 0.15) is 0 Å². The summed E-state index contributed by atoms with van der Waals surface area (Å²) >= 11 is 3.60. The lowest BCUT2D eigenvalue weighted by Crippen LogP contribution is -2.23. The van der Waals surface area contributed by atoms with Crippen LogP contribution < -0.4 is 5.32 Å². The van der Waals surface area contributed by atoms with Gasteiger partial charge < -0.3 is 5.32 Å². The summed E-state index contributed by atoms with van der Waals surface area (Å²) in [5, 5.41) is 8.00. The lowest BCUT2D eigenvalue weighted by atomic mass is 10.0. The minimum absolute atomic E-state index is 0.410. The molecule has 18 heavy (non-hydrogen) atoms. The van der Waals surface area contributed by atoms with Gasteiger partial charge in [-0.05, 0) is 53.2 Å². The van der Waals surface area contributed by atoms with Gasteiger partial charge in [0.05, 0.1) is 0 Å². The van der Waals surface area contributed by atoms with Gasteiger partial charge in [0.25, 0.3) is 0 Å². The lowest BCUT2D eigenvalue weighted by molar-refractivity contribution is 0.543. The maximum absolute atomic E-state index is 3.60. The van der Waals surface area contributed by atoms with E-state index in [1.807, 2.05) is 11.8 Å². The van der Waals surface area contributed by atoms with Crippen molar-refractivity contribution in [1.29, 1.82) is 0 Å². The summed E-state index contributed by atoms with van der Waals surface area (Å²) in [5.41, 5.74) is 2.83. The van der Waals surface area contributed by atoms with Gasteiger partial charge >= 0.3 is 0 Å². The summed E-state index contributed by atoms with van der Waals surface area (Å²) in [6.45, 7) is 3.17. The molecule has 1 N–H and O–H groups in total. The van der Waals surface area contributed by atoms with Crippen LogP contribution in [0.3, 0.4) is 0 Å². The molecule has 0 radical (unpaired) electrons. The average Bonchev–Trinajstić information content (AvgIpc) is 2.91. The molecule has 1 atom stereocenters. The quantitative estimate of drug-likeness (QED) is 0.787. The molecule has 0 bridgehead atoms. The van der Waals surface area contributed by atoms with E-state index < -0.39 is 0 Å². The van der Waals surface area contributed by atoms with Gasteiger partial charge in [-0.15, -0.1) is 11.8 Å². The minimum Gasteiger partial charge on any atom is -0.310 e. The monoisotopic (exact) mass is 277 g/mol. The molecule has 1 aromatic carbocycles. The maximum Gasteiger partial charge on any atom is 0.0372 e. The highest BCUT2D eigenvalue weighted by Crippen LogP contribution is 2.28. The highest BCUT2D eigenvalue weighted by molar-refractivity contribution is 7.98. The second-order valence-corrected chi connectivity index (χ2v) is 5.82. The third kappa shape index (κ3) is 3.37. The summed E-state index contributed by atoms with van der Waals surface area (Å²) in [6, 6.07) is 11.3. The van der Waals surface area contributed by atoms with Crippen molar-refractivity contribution < 1.29 is 0 Å². The second-order valence-electron chi connectivity index (χ2n) is 4.19. The molecular formula is C15H19NS2. The molecular weight excluding hydrogens is 258 g/mol. The maximum atomic E-state index is 3.60. The summed E-state index contributed by atoms with van der Waals surface area (Å²) < 4.78 is 0. The Labute approximate surface area is 118 Å². The van der Waals surface area contributed by atoms with Crippen LogP contribution in [-0.4, -0.2) is 12.8 Å².